The molecule has 0 bridgehead atoms. The number of H-pyrrole nitrogens is 1. The van der Waals surface area contributed by atoms with E-state index >= 15 is 0 Å². The number of amides is 1. The van der Waals surface area contributed by atoms with Gasteiger partial charge < -0.3 is 9.88 Å². The number of fused-ring (bicyclic) bond motifs is 3. The first-order chi connectivity index (χ1) is 13.6. The summed E-state index contributed by atoms with van der Waals surface area (Å²) in [6.45, 7) is 2.15. The van der Waals surface area contributed by atoms with Crippen LogP contribution in [0.4, 0.5) is 0 Å². The van der Waals surface area contributed by atoms with Gasteiger partial charge in [0.1, 0.15) is 9.77 Å². The summed E-state index contributed by atoms with van der Waals surface area (Å²) in [5, 5.41) is 2.84. The van der Waals surface area contributed by atoms with Crippen molar-refractivity contribution in [3.8, 4) is 0 Å². The van der Waals surface area contributed by atoms with E-state index in [0.717, 1.165) is 35.7 Å². The zero-order valence-corrected chi connectivity index (χ0v) is 17.0. The maximum Gasteiger partial charge on any atom is 0.265 e. The normalized spacial score (nSPS) is 17.9. The second-order valence-corrected chi connectivity index (χ2v) is 10.2. The molecule has 4 heterocycles. The lowest BCUT2D eigenvalue weighted by atomic mass is 10.0. The van der Waals surface area contributed by atoms with E-state index in [1.165, 1.54) is 21.3 Å². The largest absolute Gasteiger partial charge is 0.358 e. The van der Waals surface area contributed by atoms with Crippen LogP contribution in [-0.4, -0.2) is 48.1 Å². The molecule has 2 aromatic heterocycles. The number of hydrogen-bond acceptors (Lipinski definition) is 4. The first-order valence-corrected chi connectivity index (χ1v) is 11.8. The first-order valence-electron chi connectivity index (χ1n) is 9.51. The van der Waals surface area contributed by atoms with E-state index in [1.807, 2.05) is 18.2 Å². The Morgan fingerprint density at radius 2 is 1.86 bits per heavy atom. The van der Waals surface area contributed by atoms with Gasteiger partial charge in [0.15, 0.2) is 0 Å². The molecule has 1 saturated heterocycles. The van der Waals surface area contributed by atoms with E-state index < -0.39 is 10.0 Å². The van der Waals surface area contributed by atoms with E-state index in [1.54, 1.807) is 16.3 Å². The monoisotopic (exact) mass is 415 g/mol. The Morgan fingerprint density at radius 1 is 1.07 bits per heavy atom. The van der Waals surface area contributed by atoms with Gasteiger partial charge in [-0.15, -0.1) is 11.3 Å². The summed E-state index contributed by atoms with van der Waals surface area (Å²) in [4.78, 5) is 19.0. The van der Waals surface area contributed by atoms with E-state index in [4.69, 9.17) is 0 Å². The molecule has 2 aliphatic heterocycles. The molecule has 1 fully saturated rings. The molecule has 0 atom stereocenters. The van der Waals surface area contributed by atoms with Crippen LogP contribution in [0.3, 0.4) is 0 Å². The minimum atomic E-state index is -3.60. The second-order valence-electron chi connectivity index (χ2n) is 7.33. The lowest BCUT2D eigenvalue weighted by Crippen LogP contribution is -2.36. The van der Waals surface area contributed by atoms with Crippen LogP contribution in [0.5, 0.6) is 0 Å². The van der Waals surface area contributed by atoms with Crippen LogP contribution in [0, 0.1) is 0 Å². The third-order valence-electron chi connectivity index (χ3n) is 5.68. The maximum atomic E-state index is 13.3. The highest BCUT2D eigenvalue weighted by molar-refractivity contribution is 7.89. The topological polar surface area (TPSA) is 73.5 Å². The van der Waals surface area contributed by atoms with Gasteiger partial charge in [0.25, 0.3) is 5.91 Å². The number of aromatic amines is 1. The molecule has 3 aromatic rings. The molecule has 1 aromatic carbocycles. The molecule has 1 amide bonds. The minimum Gasteiger partial charge on any atom is -0.358 e. The highest BCUT2D eigenvalue weighted by atomic mass is 32.2. The molecule has 28 heavy (non-hydrogen) atoms. The molecule has 0 radical (unpaired) electrons. The van der Waals surface area contributed by atoms with Gasteiger partial charge >= 0.3 is 0 Å². The zero-order chi connectivity index (χ0) is 19.3. The van der Waals surface area contributed by atoms with Crippen molar-refractivity contribution in [2.75, 3.05) is 19.6 Å². The Labute approximate surface area is 167 Å². The molecule has 2 aliphatic rings. The van der Waals surface area contributed by atoms with Gasteiger partial charge in [-0.05, 0) is 30.4 Å². The summed E-state index contributed by atoms with van der Waals surface area (Å²) in [5.41, 5.74) is 3.38. The van der Waals surface area contributed by atoms with E-state index in [9.17, 15) is 13.2 Å². The summed E-state index contributed by atoms with van der Waals surface area (Å²) in [7, 11) is -3.60. The molecule has 5 rings (SSSR count). The highest BCUT2D eigenvalue weighted by Gasteiger charge is 2.34. The third kappa shape index (κ3) is 2.78. The van der Waals surface area contributed by atoms with Crippen molar-refractivity contribution >= 4 is 38.2 Å². The van der Waals surface area contributed by atoms with Crippen molar-refractivity contribution in [1.82, 2.24) is 14.2 Å². The number of benzene rings is 1. The molecule has 0 unspecified atom stereocenters. The van der Waals surface area contributed by atoms with Crippen LogP contribution in [0.1, 0.15) is 33.8 Å². The van der Waals surface area contributed by atoms with Gasteiger partial charge in [-0.25, -0.2) is 8.42 Å². The Hall–Kier alpha value is -2.16. The average Bonchev–Trinajstić information content (AvgIpc) is 3.46. The minimum absolute atomic E-state index is 0.161. The van der Waals surface area contributed by atoms with Crippen LogP contribution < -0.4 is 0 Å². The number of carbonyl (C=O) groups is 1. The van der Waals surface area contributed by atoms with Crippen molar-refractivity contribution < 1.29 is 13.2 Å². The van der Waals surface area contributed by atoms with Gasteiger partial charge in [-0.3, -0.25) is 4.79 Å². The summed E-state index contributed by atoms with van der Waals surface area (Å²) >= 11 is 1.22. The molecule has 6 nitrogen and oxygen atoms in total. The van der Waals surface area contributed by atoms with Crippen LogP contribution in [-0.2, 0) is 23.0 Å². The zero-order valence-electron chi connectivity index (χ0n) is 15.3. The fourth-order valence-electron chi connectivity index (χ4n) is 4.21. The first kappa shape index (κ1) is 17.9. The predicted molar refractivity (Wildman–Crippen MR) is 109 cm³/mol. The molecule has 0 spiro atoms. The van der Waals surface area contributed by atoms with Crippen LogP contribution in [0.2, 0.25) is 0 Å². The molecule has 0 saturated carbocycles. The third-order valence-corrected chi connectivity index (χ3v) is 8.65. The number of thiophene rings is 1. The fraction of sp³-hybridized carbons (Fsp3) is 0.350. The van der Waals surface area contributed by atoms with Gasteiger partial charge in [0, 0.05) is 54.8 Å². The number of para-hydroxylation sites is 1. The van der Waals surface area contributed by atoms with Gasteiger partial charge in [-0.2, -0.15) is 4.31 Å². The summed E-state index contributed by atoms with van der Waals surface area (Å²) in [5.74, 6) is -0.191. The molecule has 1 N–H and O–H groups in total. The summed E-state index contributed by atoms with van der Waals surface area (Å²) in [6.07, 6.45) is 2.50. The van der Waals surface area contributed by atoms with E-state index in [2.05, 4.69) is 11.1 Å². The van der Waals surface area contributed by atoms with Gasteiger partial charge in [-0.1, -0.05) is 18.2 Å². The summed E-state index contributed by atoms with van der Waals surface area (Å²) < 4.78 is 27.5. The number of carbonyl (C=O) groups excluding carboxylic acids is 1. The molecular formula is C20H21N3O3S2. The Balaban J connectivity index is 1.46. The van der Waals surface area contributed by atoms with Crippen molar-refractivity contribution in [2.45, 2.75) is 30.7 Å². The quantitative estimate of drug-likeness (QED) is 0.714. The number of hydrogen-bond donors (Lipinski definition) is 1. The number of aromatic nitrogens is 1. The second kappa shape index (κ2) is 6.72. The fourth-order valence-corrected chi connectivity index (χ4v) is 7.09. The van der Waals surface area contributed by atoms with Crippen LogP contribution in [0.15, 0.2) is 40.6 Å². The summed E-state index contributed by atoms with van der Waals surface area (Å²) in [6, 6.07) is 9.67. The predicted octanol–water partition coefficient (Wildman–Crippen LogP) is 3.21. The Morgan fingerprint density at radius 3 is 2.68 bits per heavy atom. The van der Waals surface area contributed by atoms with E-state index in [-0.39, 0.29) is 10.8 Å². The van der Waals surface area contributed by atoms with Crippen molar-refractivity contribution in [3.05, 3.63) is 51.8 Å². The highest BCUT2D eigenvalue weighted by Crippen LogP contribution is 2.32. The lowest BCUT2D eigenvalue weighted by molar-refractivity contribution is 0.0736. The molecule has 146 valence electrons. The van der Waals surface area contributed by atoms with Crippen molar-refractivity contribution in [2.24, 2.45) is 0 Å². The smallest absolute Gasteiger partial charge is 0.265 e. The number of nitrogens with one attached hydrogen (secondary N) is 1. The van der Waals surface area contributed by atoms with Crippen LogP contribution >= 0.6 is 11.3 Å². The molecule has 0 aliphatic carbocycles. The SMILES string of the molecule is O=C(c1sccc1S(=O)(=O)N1CCCC1)N1CCc2[nH]c3ccccc3c2C1. The number of rotatable bonds is 3. The number of sulfonamides is 1. The van der Waals surface area contributed by atoms with Crippen molar-refractivity contribution in [3.63, 3.8) is 0 Å². The van der Waals surface area contributed by atoms with Gasteiger partial charge in [0.2, 0.25) is 10.0 Å². The standard InChI is InChI=1S/C20H21N3O3S2/c24-20(19-18(8-12-27-19)28(25,26)23-9-3-4-10-23)22-11-7-17-15(13-22)14-5-1-2-6-16(14)21-17/h1-2,5-6,8,12,21H,3-4,7,9-11,13H2. The van der Waals surface area contributed by atoms with Crippen molar-refractivity contribution in [1.29, 1.82) is 0 Å². The molecular weight excluding hydrogens is 394 g/mol. The maximum absolute atomic E-state index is 13.3. The van der Waals surface area contributed by atoms with E-state index in [0.29, 0.717) is 31.1 Å². The Kier molecular flexibility index (Phi) is 4.30. The van der Waals surface area contributed by atoms with Crippen LogP contribution in [0.25, 0.3) is 10.9 Å². The van der Waals surface area contributed by atoms with Gasteiger partial charge in [0.05, 0.1) is 0 Å². The molecule has 8 heteroatoms. The lowest BCUT2D eigenvalue weighted by Gasteiger charge is -2.27. The Bertz CT molecular complexity index is 1160. The number of nitrogens with zero attached hydrogens (tertiary/aromatic N) is 2. The average molecular weight is 416 g/mol.